The predicted octanol–water partition coefficient (Wildman–Crippen LogP) is 3.62. The molecule has 0 radical (unpaired) electrons. The lowest BCUT2D eigenvalue weighted by atomic mass is 10.1. The topological polar surface area (TPSA) is 80.5 Å². The summed E-state index contributed by atoms with van der Waals surface area (Å²) < 4.78 is 29.3. The van der Waals surface area contributed by atoms with Crippen LogP contribution < -0.4 is 9.46 Å². The number of pyridine rings is 1. The van der Waals surface area contributed by atoms with Crippen molar-refractivity contribution < 1.29 is 18.4 Å². The highest BCUT2D eigenvalue weighted by Crippen LogP contribution is 2.26. The van der Waals surface area contributed by atoms with Gasteiger partial charge in [-0.1, -0.05) is 35.5 Å². The first-order chi connectivity index (χ1) is 13.5. The van der Waals surface area contributed by atoms with Crippen molar-refractivity contribution in [3.8, 4) is 17.1 Å². The normalized spacial score (nSPS) is 10.9. The summed E-state index contributed by atoms with van der Waals surface area (Å²) in [6.45, 7) is 1.88. The molecule has 0 atom stereocenters. The highest BCUT2D eigenvalue weighted by molar-refractivity contribution is 7.95. The minimum absolute atomic E-state index is 0.0638. The number of nitrogens with zero attached hydrogens (tertiary/aromatic N) is 3. The molecule has 0 spiro atoms. The molecule has 3 rings (SSSR count). The van der Waals surface area contributed by atoms with E-state index in [9.17, 15) is 9.18 Å². The van der Waals surface area contributed by atoms with E-state index in [0.29, 0.717) is 11.5 Å². The van der Waals surface area contributed by atoms with Crippen LogP contribution in [-0.4, -0.2) is 34.4 Å². The van der Waals surface area contributed by atoms with E-state index in [4.69, 9.17) is 9.26 Å². The van der Waals surface area contributed by atoms with E-state index in [1.165, 1.54) is 0 Å². The minimum Gasteiger partial charge on any atom is -0.472 e. The second kappa shape index (κ2) is 8.85. The van der Waals surface area contributed by atoms with Crippen molar-refractivity contribution in [2.45, 2.75) is 13.5 Å². The number of hydrogen-bond donors (Lipinski definition) is 1. The Kier molecular flexibility index (Phi) is 6.27. The Morgan fingerprint density at radius 3 is 2.75 bits per heavy atom. The fourth-order valence-corrected chi connectivity index (χ4v) is 2.75. The Morgan fingerprint density at radius 2 is 2.07 bits per heavy atom. The van der Waals surface area contributed by atoms with E-state index in [2.05, 4.69) is 14.9 Å². The molecule has 3 aromatic rings. The van der Waals surface area contributed by atoms with Crippen LogP contribution in [0, 0.1) is 12.7 Å². The first-order valence-electron chi connectivity index (χ1n) is 8.39. The standard InChI is InChI=1S/C19H19FN4O3S/c1-12-15(18(22-27-12)13-7-5-4-6-8-13)11-26-17-9-16(20)14(10-21-17)19(25)23-28-24(2)3/h4-10H,11H2,1-3H3,(H,23,25). The van der Waals surface area contributed by atoms with Gasteiger partial charge in [-0.25, -0.2) is 13.7 Å². The molecule has 7 nitrogen and oxygen atoms in total. The molecule has 1 amide bonds. The van der Waals surface area contributed by atoms with Crippen LogP contribution in [0.25, 0.3) is 11.3 Å². The lowest BCUT2D eigenvalue weighted by molar-refractivity contribution is 0.0979. The summed E-state index contributed by atoms with van der Waals surface area (Å²) in [7, 11) is 3.51. The third kappa shape index (κ3) is 4.68. The van der Waals surface area contributed by atoms with Crippen molar-refractivity contribution in [1.29, 1.82) is 0 Å². The first kappa shape index (κ1) is 19.8. The molecule has 0 aliphatic carbocycles. The number of carbonyl (C=O) groups is 1. The van der Waals surface area contributed by atoms with E-state index in [1.54, 1.807) is 25.3 Å². The van der Waals surface area contributed by atoms with Crippen molar-refractivity contribution in [2.24, 2.45) is 0 Å². The first-order valence-corrected chi connectivity index (χ1v) is 9.16. The van der Waals surface area contributed by atoms with Crippen molar-refractivity contribution in [1.82, 2.24) is 19.2 Å². The van der Waals surface area contributed by atoms with E-state index in [0.717, 1.165) is 35.5 Å². The van der Waals surface area contributed by atoms with Crippen LogP contribution in [0.15, 0.2) is 47.1 Å². The van der Waals surface area contributed by atoms with Crippen molar-refractivity contribution >= 4 is 18.0 Å². The average Bonchev–Trinajstić information content (AvgIpc) is 3.05. The van der Waals surface area contributed by atoms with Crippen LogP contribution in [0.2, 0.25) is 0 Å². The highest BCUT2D eigenvalue weighted by Gasteiger charge is 2.17. The van der Waals surface area contributed by atoms with Gasteiger partial charge in [0, 0.05) is 30.0 Å². The van der Waals surface area contributed by atoms with Crippen LogP contribution in [0.4, 0.5) is 4.39 Å². The molecule has 28 heavy (non-hydrogen) atoms. The van der Waals surface area contributed by atoms with Gasteiger partial charge in [-0.2, -0.15) is 0 Å². The highest BCUT2D eigenvalue weighted by atomic mass is 32.2. The largest absolute Gasteiger partial charge is 0.472 e. The van der Waals surface area contributed by atoms with Gasteiger partial charge < -0.3 is 9.26 Å². The van der Waals surface area contributed by atoms with Gasteiger partial charge in [-0.15, -0.1) is 0 Å². The van der Waals surface area contributed by atoms with Crippen LogP contribution >= 0.6 is 12.1 Å². The minimum atomic E-state index is -0.716. The van der Waals surface area contributed by atoms with E-state index in [-0.39, 0.29) is 18.1 Å². The summed E-state index contributed by atoms with van der Waals surface area (Å²) in [5.41, 5.74) is 2.14. The Hall–Kier alpha value is -2.91. The van der Waals surface area contributed by atoms with E-state index >= 15 is 0 Å². The molecule has 0 aliphatic rings. The zero-order valence-electron chi connectivity index (χ0n) is 15.6. The van der Waals surface area contributed by atoms with Gasteiger partial charge in [0.25, 0.3) is 5.91 Å². The Bertz CT molecular complexity index is 963. The summed E-state index contributed by atoms with van der Waals surface area (Å²) in [6.07, 6.45) is 1.15. The van der Waals surface area contributed by atoms with Crippen LogP contribution in [0.1, 0.15) is 21.7 Å². The second-order valence-electron chi connectivity index (χ2n) is 6.06. The van der Waals surface area contributed by atoms with Crippen LogP contribution in [-0.2, 0) is 6.61 Å². The average molecular weight is 402 g/mol. The van der Waals surface area contributed by atoms with Gasteiger partial charge in [0.15, 0.2) is 0 Å². The molecule has 0 saturated heterocycles. The van der Waals surface area contributed by atoms with Crippen molar-refractivity contribution in [3.05, 3.63) is 65.3 Å². The second-order valence-corrected chi connectivity index (χ2v) is 7.17. The molecule has 2 heterocycles. The molecule has 1 N–H and O–H groups in total. The number of rotatable bonds is 7. The van der Waals surface area contributed by atoms with Gasteiger partial charge in [-0.3, -0.25) is 9.52 Å². The maximum absolute atomic E-state index is 14.3. The maximum Gasteiger partial charge on any atom is 0.266 e. The number of aromatic nitrogens is 2. The fraction of sp³-hybridized carbons (Fsp3) is 0.211. The Labute approximate surface area is 166 Å². The number of nitrogens with one attached hydrogen (secondary N) is 1. The number of carbonyl (C=O) groups excluding carboxylic acids is 1. The summed E-state index contributed by atoms with van der Waals surface area (Å²) >= 11 is 1.05. The van der Waals surface area contributed by atoms with Gasteiger partial charge >= 0.3 is 0 Å². The number of ether oxygens (including phenoxy) is 1. The number of benzene rings is 1. The summed E-state index contributed by atoms with van der Waals surface area (Å²) in [4.78, 5) is 16.0. The zero-order valence-corrected chi connectivity index (χ0v) is 16.4. The molecule has 0 saturated carbocycles. The molecule has 1 aromatic carbocycles. The van der Waals surface area contributed by atoms with Gasteiger partial charge in [0.2, 0.25) is 5.88 Å². The predicted molar refractivity (Wildman–Crippen MR) is 104 cm³/mol. The molecule has 0 unspecified atom stereocenters. The fourth-order valence-electron chi connectivity index (χ4n) is 2.38. The zero-order chi connectivity index (χ0) is 20.1. The summed E-state index contributed by atoms with van der Waals surface area (Å²) in [5.74, 6) is -0.617. The Balaban J connectivity index is 1.72. The third-order valence-electron chi connectivity index (χ3n) is 3.79. The molecule has 9 heteroatoms. The molecule has 146 valence electrons. The van der Waals surface area contributed by atoms with E-state index in [1.807, 2.05) is 30.3 Å². The van der Waals surface area contributed by atoms with Crippen molar-refractivity contribution in [2.75, 3.05) is 14.1 Å². The van der Waals surface area contributed by atoms with Gasteiger partial charge in [0.05, 0.1) is 11.1 Å². The number of amides is 1. The van der Waals surface area contributed by atoms with Gasteiger partial charge in [0.1, 0.15) is 23.9 Å². The van der Waals surface area contributed by atoms with Crippen LogP contribution in [0.3, 0.4) is 0 Å². The SMILES string of the molecule is Cc1onc(-c2ccccc2)c1COc1cc(F)c(C(=O)NSN(C)C)cn1. The smallest absolute Gasteiger partial charge is 0.266 e. The molecule has 0 bridgehead atoms. The number of hydrogen-bond acceptors (Lipinski definition) is 7. The number of halogens is 1. The van der Waals surface area contributed by atoms with Gasteiger partial charge in [-0.05, 0) is 21.0 Å². The summed E-state index contributed by atoms with van der Waals surface area (Å²) in [6, 6.07) is 10.6. The Morgan fingerprint density at radius 1 is 1.32 bits per heavy atom. The van der Waals surface area contributed by atoms with E-state index < -0.39 is 11.7 Å². The molecular weight excluding hydrogens is 383 g/mol. The molecular formula is C19H19FN4O3S. The molecule has 2 aromatic heterocycles. The molecule has 0 fully saturated rings. The molecule has 0 aliphatic heterocycles. The maximum atomic E-state index is 14.3. The van der Waals surface area contributed by atoms with Crippen molar-refractivity contribution in [3.63, 3.8) is 0 Å². The quantitative estimate of drug-likeness (QED) is 0.605. The number of aryl methyl sites for hydroxylation is 1. The summed E-state index contributed by atoms with van der Waals surface area (Å²) in [5, 5.41) is 4.08. The van der Waals surface area contributed by atoms with Crippen LogP contribution in [0.5, 0.6) is 5.88 Å². The lowest BCUT2D eigenvalue weighted by Gasteiger charge is -2.10. The lowest BCUT2D eigenvalue weighted by Crippen LogP contribution is -2.22. The third-order valence-corrected chi connectivity index (χ3v) is 4.43. The monoisotopic (exact) mass is 402 g/mol.